The summed E-state index contributed by atoms with van der Waals surface area (Å²) >= 11 is 0. The van der Waals surface area contributed by atoms with Gasteiger partial charge < -0.3 is 15.0 Å². The number of nitriles is 1. The Morgan fingerprint density at radius 1 is 1.24 bits per heavy atom. The monoisotopic (exact) mass is 344 g/mol. The van der Waals surface area contributed by atoms with Crippen LogP contribution in [0.15, 0.2) is 42.5 Å². The van der Waals surface area contributed by atoms with Crippen LogP contribution >= 0.6 is 0 Å². The zero-order valence-corrected chi connectivity index (χ0v) is 13.5. The number of rotatable bonds is 5. The van der Waals surface area contributed by atoms with E-state index in [1.165, 1.54) is 0 Å². The lowest BCUT2D eigenvalue weighted by Gasteiger charge is -2.35. The summed E-state index contributed by atoms with van der Waals surface area (Å²) in [5.41, 5.74) is 1.35. The Balaban J connectivity index is 1.63. The van der Waals surface area contributed by atoms with Gasteiger partial charge in [-0.05, 0) is 49.2 Å². The first-order valence-electron chi connectivity index (χ1n) is 8.07. The summed E-state index contributed by atoms with van der Waals surface area (Å²) in [6.07, 6.45) is 2.01. The Kier molecular flexibility index (Phi) is 5.29. The highest BCUT2D eigenvalue weighted by Gasteiger charge is 2.20. The van der Waals surface area contributed by atoms with Crippen molar-refractivity contribution < 1.29 is 13.5 Å². The van der Waals surface area contributed by atoms with Crippen LogP contribution in [0.3, 0.4) is 0 Å². The van der Waals surface area contributed by atoms with E-state index < -0.39 is 6.61 Å². The van der Waals surface area contributed by atoms with Gasteiger partial charge in [-0.15, -0.1) is 0 Å². The van der Waals surface area contributed by atoms with Crippen LogP contribution in [0.1, 0.15) is 18.5 Å². The number of halogens is 2. The van der Waals surface area contributed by atoms with Crippen molar-refractivity contribution in [1.29, 1.82) is 5.26 Å². The van der Waals surface area contributed by atoms with Crippen molar-refractivity contribution >= 4 is 11.5 Å². The molecule has 1 aromatic heterocycles. The molecule has 1 aromatic carbocycles. The fourth-order valence-electron chi connectivity index (χ4n) is 2.95. The normalized spacial score (nSPS) is 17.2. The SMILES string of the molecule is N#Cc1cccc(NC2CCCN(c3ccc(OC(F)F)cc3)C2)n1. The van der Waals surface area contributed by atoms with E-state index in [1.54, 1.807) is 36.4 Å². The van der Waals surface area contributed by atoms with Crippen LogP contribution in [0.2, 0.25) is 0 Å². The van der Waals surface area contributed by atoms with Gasteiger partial charge in [0.1, 0.15) is 23.3 Å². The molecule has 0 aliphatic carbocycles. The summed E-state index contributed by atoms with van der Waals surface area (Å²) in [5.74, 6) is 0.842. The maximum atomic E-state index is 12.2. The predicted octanol–water partition coefficient (Wildman–Crippen LogP) is 3.64. The molecular formula is C18H18F2N4O. The molecule has 1 aliphatic rings. The molecule has 1 unspecified atom stereocenters. The van der Waals surface area contributed by atoms with Crippen LogP contribution in [0.4, 0.5) is 20.3 Å². The molecule has 25 heavy (non-hydrogen) atoms. The fraction of sp³-hybridized carbons (Fsp3) is 0.333. The number of hydrogen-bond acceptors (Lipinski definition) is 5. The van der Waals surface area contributed by atoms with Gasteiger partial charge >= 0.3 is 6.61 Å². The van der Waals surface area contributed by atoms with Crippen molar-refractivity contribution in [3.05, 3.63) is 48.2 Å². The van der Waals surface area contributed by atoms with E-state index in [0.717, 1.165) is 31.6 Å². The minimum Gasteiger partial charge on any atom is -0.435 e. The number of ether oxygens (including phenoxy) is 1. The van der Waals surface area contributed by atoms with Gasteiger partial charge in [-0.1, -0.05) is 6.07 Å². The van der Waals surface area contributed by atoms with Gasteiger partial charge in [0, 0.05) is 24.8 Å². The van der Waals surface area contributed by atoms with Crippen molar-refractivity contribution in [2.75, 3.05) is 23.3 Å². The van der Waals surface area contributed by atoms with Crippen molar-refractivity contribution in [2.24, 2.45) is 0 Å². The standard InChI is InChI=1S/C18H18F2N4O/c19-18(20)25-16-8-6-15(7-9-16)24-10-2-4-14(12-24)23-17-5-1-3-13(11-21)22-17/h1,3,5-9,14,18H,2,4,10,12H2,(H,22,23). The Morgan fingerprint density at radius 3 is 2.76 bits per heavy atom. The molecule has 0 radical (unpaired) electrons. The molecule has 3 rings (SSSR count). The number of nitrogens with one attached hydrogen (secondary N) is 1. The zero-order valence-electron chi connectivity index (χ0n) is 13.5. The molecule has 1 N–H and O–H groups in total. The molecule has 1 aliphatic heterocycles. The number of nitrogens with zero attached hydrogens (tertiary/aromatic N) is 3. The second-order valence-corrected chi connectivity index (χ2v) is 5.82. The average molecular weight is 344 g/mol. The first-order valence-corrected chi connectivity index (χ1v) is 8.07. The molecule has 5 nitrogen and oxygen atoms in total. The second kappa shape index (κ2) is 7.79. The lowest BCUT2D eigenvalue weighted by molar-refractivity contribution is -0.0498. The number of piperidine rings is 1. The van der Waals surface area contributed by atoms with Gasteiger partial charge in [0.25, 0.3) is 0 Å². The Morgan fingerprint density at radius 2 is 2.04 bits per heavy atom. The molecule has 0 saturated carbocycles. The van der Waals surface area contributed by atoms with E-state index in [0.29, 0.717) is 11.5 Å². The lowest BCUT2D eigenvalue weighted by Crippen LogP contribution is -2.42. The average Bonchev–Trinajstić information content (AvgIpc) is 2.62. The Labute approximate surface area is 144 Å². The van der Waals surface area contributed by atoms with E-state index in [4.69, 9.17) is 5.26 Å². The molecule has 1 saturated heterocycles. The lowest BCUT2D eigenvalue weighted by atomic mass is 10.0. The fourth-order valence-corrected chi connectivity index (χ4v) is 2.95. The van der Waals surface area contributed by atoms with Crippen molar-refractivity contribution in [1.82, 2.24) is 4.98 Å². The van der Waals surface area contributed by atoms with Crippen LogP contribution in [-0.4, -0.2) is 30.7 Å². The van der Waals surface area contributed by atoms with E-state index in [-0.39, 0.29) is 11.8 Å². The number of anilines is 2. The van der Waals surface area contributed by atoms with Crippen LogP contribution in [0.5, 0.6) is 5.75 Å². The van der Waals surface area contributed by atoms with E-state index in [9.17, 15) is 8.78 Å². The summed E-state index contributed by atoms with van der Waals surface area (Å²) in [7, 11) is 0. The Hall–Kier alpha value is -2.88. The number of benzene rings is 1. The highest BCUT2D eigenvalue weighted by atomic mass is 19.3. The highest BCUT2D eigenvalue weighted by molar-refractivity contribution is 5.50. The molecule has 130 valence electrons. The third-order valence-electron chi connectivity index (χ3n) is 4.06. The number of pyridine rings is 1. The maximum absolute atomic E-state index is 12.2. The third kappa shape index (κ3) is 4.57. The zero-order chi connectivity index (χ0) is 17.6. The summed E-state index contributed by atoms with van der Waals surface area (Å²) in [4.78, 5) is 6.44. The highest BCUT2D eigenvalue weighted by Crippen LogP contribution is 2.24. The molecular weight excluding hydrogens is 326 g/mol. The molecule has 2 aromatic rings. The molecule has 0 amide bonds. The maximum Gasteiger partial charge on any atom is 0.387 e. The molecule has 1 atom stereocenters. The molecule has 0 bridgehead atoms. The van der Waals surface area contributed by atoms with Gasteiger partial charge in [-0.3, -0.25) is 0 Å². The first kappa shape index (κ1) is 17.0. The van der Waals surface area contributed by atoms with E-state index >= 15 is 0 Å². The van der Waals surface area contributed by atoms with Crippen LogP contribution in [0.25, 0.3) is 0 Å². The van der Waals surface area contributed by atoms with Crippen molar-refractivity contribution in [2.45, 2.75) is 25.5 Å². The predicted molar refractivity (Wildman–Crippen MR) is 90.9 cm³/mol. The van der Waals surface area contributed by atoms with Crippen LogP contribution in [-0.2, 0) is 0 Å². The third-order valence-corrected chi connectivity index (χ3v) is 4.06. The van der Waals surface area contributed by atoms with E-state index in [1.807, 2.05) is 12.1 Å². The number of hydrogen-bond donors (Lipinski definition) is 1. The summed E-state index contributed by atoms with van der Waals surface area (Å²) in [6.45, 7) is -1.14. The van der Waals surface area contributed by atoms with Crippen LogP contribution < -0.4 is 15.0 Å². The van der Waals surface area contributed by atoms with Gasteiger partial charge in [0.2, 0.25) is 0 Å². The number of alkyl halides is 2. The number of aromatic nitrogens is 1. The minimum atomic E-state index is -2.81. The largest absolute Gasteiger partial charge is 0.435 e. The van der Waals surface area contributed by atoms with E-state index in [2.05, 4.69) is 19.9 Å². The smallest absolute Gasteiger partial charge is 0.387 e. The minimum absolute atomic E-state index is 0.156. The summed E-state index contributed by atoms with van der Waals surface area (Å²) < 4.78 is 28.8. The van der Waals surface area contributed by atoms with Crippen LogP contribution in [0, 0.1) is 11.3 Å². The van der Waals surface area contributed by atoms with Gasteiger partial charge in [0.05, 0.1) is 0 Å². The Bertz CT molecular complexity index is 745. The quantitative estimate of drug-likeness (QED) is 0.897. The van der Waals surface area contributed by atoms with Crippen molar-refractivity contribution in [3.8, 4) is 11.8 Å². The second-order valence-electron chi connectivity index (χ2n) is 5.82. The summed E-state index contributed by atoms with van der Waals surface area (Å²) in [6, 6.07) is 14.2. The molecule has 0 spiro atoms. The molecule has 7 heteroatoms. The molecule has 1 fully saturated rings. The molecule has 2 heterocycles. The van der Waals surface area contributed by atoms with Gasteiger partial charge in [-0.25, -0.2) is 4.98 Å². The topological polar surface area (TPSA) is 61.2 Å². The summed E-state index contributed by atoms with van der Waals surface area (Å²) in [5, 5.41) is 12.3. The van der Waals surface area contributed by atoms with Gasteiger partial charge in [0.15, 0.2) is 0 Å². The first-order chi connectivity index (χ1) is 12.1. The van der Waals surface area contributed by atoms with Crippen molar-refractivity contribution in [3.63, 3.8) is 0 Å². The van der Waals surface area contributed by atoms with Gasteiger partial charge in [-0.2, -0.15) is 14.0 Å².